The summed E-state index contributed by atoms with van der Waals surface area (Å²) >= 11 is 0. The van der Waals surface area contributed by atoms with Crippen molar-refractivity contribution in [2.24, 2.45) is 40.3 Å². The lowest BCUT2D eigenvalue weighted by atomic mass is 9.80. The van der Waals surface area contributed by atoms with E-state index in [1.807, 2.05) is 0 Å². The van der Waals surface area contributed by atoms with E-state index in [-0.39, 0.29) is 37.9 Å². The van der Waals surface area contributed by atoms with Crippen molar-refractivity contribution in [1.29, 1.82) is 0 Å². The number of nitrogens with two attached hydrogens (primary N) is 6. The van der Waals surface area contributed by atoms with Gasteiger partial charge in [0.05, 0.1) is 48.5 Å². The molecule has 15 N–H and O–H groups in total. The number of hydrogen-bond donors (Lipinski definition) is 9. The second-order valence-corrected chi connectivity index (χ2v) is 14.1. The van der Waals surface area contributed by atoms with Crippen LogP contribution in [0.25, 0.3) is 0 Å². The highest BCUT2D eigenvalue weighted by Gasteiger charge is 2.53. The average molecular weight is 655 g/mol. The molecule has 3 heterocycles. The van der Waals surface area contributed by atoms with Crippen molar-refractivity contribution in [2.45, 2.75) is 105 Å². The summed E-state index contributed by atoms with van der Waals surface area (Å²) in [7, 11) is -3.63. The molecule has 0 amide bonds. The summed E-state index contributed by atoms with van der Waals surface area (Å²) in [6.45, 7) is -0.219. The molecular formula is C26H50N6O11S. The van der Waals surface area contributed by atoms with Crippen LogP contribution in [-0.2, 0) is 38.3 Å². The molecule has 15 atom stereocenters. The monoisotopic (exact) mass is 654 g/mol. The Morgan fingerprint density at radius 2 is 1.50 bits per heavy atom. The van der Waals surface area contributed by atoms with Crippen LogP contribution < -0.4 is 34.4 Å². The molecule has 0 aromatic rings. The molecule has 0 radical (unpaired) electrons. The fraction of sp³-hybridized carbons (Fsp3) is 0.923. The van der Waals surface area contributed by atoms with Gasteiger partial charge >= 0.3 is 0 Å². The van der Waals surface area contributed by atoms with E-state index in [2.05, 4.69) is 0 Å². The lowest BCUT2D eigenvalue weighted by molar-refractivity contribution is -0.290. The molecule has 0 aromatic heterocycles. The van der Waals surface area contributed by atoms with Crippen molar-refractivity contribution in [1.82, 2.24) is 0 Å². The maximum Gasteiger partial charge on any atom is 0.187 e. The van der Waals surface area contributed by atoms with Gasteiger partial charge in [-0.15, -0.1) is 0 Å². The predicted molar refractivity (Wildman–Crippen MR) is 156 cm³/mol. The first-order valence-corrected chi connectivity index (χ1v) is 16.9. The van der Waals surface area contributed by atoms with Crippen molar-refractivity contribution in [2.75, 3.05) is 37.7 Å². The Balaban J connectivity index is 1.55. The Labute approximate surface area is 257 Å². The molecule has 0 unspecified atom stereocenters. The minimum Gasteiger partial charge on any atom is -0.394 e. The van der Waals surface area contributed by atoms with Gasteiger partial charge in [-0.2, -0.15) is 0 Å². The van der Waals surface area contributed by atoms with Crippen molar-refractivity contribution in [3.8, 4) is 0 Å². The van der Waals surface area contributed by atoms with Crippen LogP contribution in [0.4, 0.5) is 0 Å². The summed E-state index contributed by atoms with van der Waals surface area (Å²) in [5, 5.41) is 32.8. The largest absolute Gasteiger partial charge is 0.394 e. The molecule has 17 nitrogen and oxygen atoms in total. The molecule has 0 aromatic carbocycles. The third-order valence-electron chi connectivity index (χ3n) is 8.55. The molecule has 0 spiro atoms. The Bertz CT molecular complexity index is 1050. The number of aliphatic hydroxyl groups is 3. The Morgan fingerprint density at radius 3 is 2.16 bits per heavy atom. The molecule has 256 valence electrons. The van der Waals surface area contributed by atoms with Gasteiger partial charge < -0.3 is 78.1 Å². The van der Waals surface area contributed by atoms with E-state index in [0.29, 0.717) is 12.8 Å². The molecular weight excluding hydrogens is 604 g/mol. The van der Waals surface area contributed by atoms with Gasteiger partial charge in [0.1, 0.15) is 30.5 Å². The van der Waals surface area contributed by atoms with E-state index < -0.39 is 108 Å². The van der Waals surface area contributed by atoms with Gasteiger partial charge in [-0.05, 0) is 19.3 Å². The van der Waals surface area contributed by atoms with Gasteiger partial charge in [0, 0.05) is 31.6 Å². The zero-order valence-corrected chi connectivity index (χ0v) is 25.5. The smallest absolute Gasteiger partial charge is 0.187 e. The van der Waals surface area contributed by atoms with E-state index in [9.17, 15) is 23.7 Å². The minimum absolute atomic E-state index is 0.0730. The zero-order valence-electron chi connectivity index (χ0n) is 24.7. The van der Waals surface area contributed by atoms with Crippen molar-refractivity contribution in [3.05, 3.63) is 12.2 Å². The molecule has 1 aliphatic carbocycles. The number of aliphatic hydroxyl groups excluding tert-OH is 3. The third-order valence-corrected chi connectivity index (χ3v) is 10.3. The molecule has 1 saturated carbocycles. The van der Waals surface area contributed by atoms with Crippen LogP contribution >= 0.6 is 0 Å². The molecule has 3 aliphatic heterocycles. The minimum atomic E-state index is -3.63. The van der Waals surface area contributed by atoms with Crippen LogP contribution in [0.15, 0.2) is 12.2 Å². The summed E-state index contributed by atoms with van der Waals surface area (Å²) in [5.74, 6) is -1.52. The van der Waals surface area contributed by atoms with E-state index >= 15 is 0 Å². The second kappa shape index (κ2) is 15.8. The highest BCUT2D eigenvalue weighted by atomic mass is 32.2. The summed E-state index contributed by atoms with van der Waals surface area (Å²) < 4.78 is 61.1. The number of sulfone groups is 1. The Hall–Kier alpha value is -0.910. The molecule has 0 bridgehead atoms. The lowest BCUT2D eigenvalue weighted by Gasteiger charge is -2.46. The fourth-order valence-corrected chi connectivity index (χ4v) is 7.62. The van der Waals surface area contributed by atoms with Crippen LogP contribution in [0.2, 0.25) is 0 Å². The van der Waals surface area contributed by atoms with Crippen LogP contribution in [0.3, 0.4) is 0 Å². The molecule has 2 saturated heterocycles. The van der Waals surface area contributed by atoms with Crippen molar-refractivity contribution in [3.63, 3.8) is 0 Å². The number of ether oxygens (including phenoxy) is 6. The van der Waals surface area contributed by atoms with Crippen LogP contribution in [0.1, 0.15) is 19.3 Å². The molecule has 18 heteroatoms. The van der Waals surface area contributed by atoms with Gasteiger partial charge in [-0.1, -0.05) is 12.2 Å². The number of rotatable bonds is 13. The van der Waals surface area contributed by atoms with Crippen LogP contribution in [0.5, 0.6) is 0 Å². The summed E-state index contributed by atoms with van der Waals surface area (Å²) in [6.07, 6.45) is -7.01. The van der Waals surface area contributed by atoms with E-state index in [4.69, 9.17) is 62.8 Å². The molecule has 4 rings (SSSR count). The first-order valence-electron chi connectivity index (χ1n) is 15.1. The van der Waals surface area contributed by atoms with E-state index in [0.717, 1.165) is 0 Å². The van der Waals surface area contributed by atoms with Crippen LogP contribution in [-0.4, -0.2) is 147 Å². The van der Waals surface area contributed by atoms with Gasteiger partial charge in [0.25, 0.3) is 0 Å². The first kappa shape index (κ1) is 35.9. The third kappa shape index (κ3) is 8.51. The Morgan fingerprint density at radius 1 is 0.795 bits per heavy atom. The topological polar surface area (TPSA) is 306 Å². The fourth-order valence-electron chi connectivity index (χ4n) is 6.11. The van der Waals surface area contributed by atoms with Gasteiger partial charge in [0.2, 0.25) is 0 Å². The average Bonchev–Trinajstić information content (AvgIpc) is 3.28. The highest BCUT2D eigenvalue weighted by Crippen LogP contribution is 2.36. The van der Waals surface area contributed by atoms with Crippen molar-refractivity contribution < 1.29 is 52.2 Å². The predicted octanol–water partition coefficient (Wildman–Crippen LogP) is -5.34. The molecule has 4 aliphatic rings. The molecule has 3 fully saturated rings. The van der Waals surface area contributed by atoms with Crippen LogP contribution in [0, 0.1) is 5.92 Å². The summed E-state index contributed by atoms with van der Waals surface area (Å²) in [5.41, 5.74) is 35.9. The normalized spacial score (nSPS) is 45.1. The van der Waals surface area contributed by atoms with Crippen molar-refractivity contribution >= 4 is 9.84 Å². The SMILES string of the molecule is NCCS(=O)(=O)C[C@@H]1C[C@H](N)[C@@H](O[C@H]2O[C@H](CN)CC[C@H]2N)[C@H](O[C@@H]2O[C@H](CO)[C@@H](O[C@H]3O[C@@H](CN)C=C[C@H]3N)[C@H]2O)[C@H]1O. The standard InChI is InChI=1S/C26H50N6O11S/c27-5-6-44(36,37)11-12-7-17(32)21(41-24-15(30)3-1-13(8-28)38-24)23(19(12)34)43-26-20(35)22(18(10-33)40-26)42-25-16(31)4-2-14(9-29)39-25/h2,4,12-26,33-35H,1,3,5-11,27-32H2/t12-,13-,14+,15+,16+,17-,18+,19-,20+,21+,22+,23+,24+,25+,26-/m0/s1. The first-order chi connectivity index (χ1) is 20.9. The lowest BCUT2D eigenvalue weighted by Crippen LogP contribution is -2.63. The van der Waals surface area contributed by atoms with Gasteiger partial charge in [-0.25, -0.2) is 8.42 Å². The Kier molecular flexibility index (Phi) is 12.9. The quantitative estimate of drug-likeness (QED) is 0.0837. The highest BCUT2D eigenvalue weighted by molar-refractivity contribution is 7.91. The summed E-state index contributed by atoms with van der Waals surface area (Å²) in [6, 6.07) is -2.04. The second-order valence-electron chi connectivity index (χ2n) is 11.9. The number of hydrogen-bond acceptors (Lipinski definition) is 17. The van der Waals surface area contributed by atoms with Gasteiger partial charge in [-0.3, -0.25) is 0 Å². The van der Waals surface area contributed by atoms with E-state index in [1.165, 1.54) is 0 Å². The maximum atomic E-state index is 12.7. The van der Waals surface area contributed by atoms with Gasteiger partial charge in [0.15, 0.2) is 28.7 Å². The maximum absolute atomic E-state index is 12.7. The zero-order chi connectivity index (χ0) is 32.2. The molecule has 44 heavy (non-hydrogen) atoms. The van der Waals surface area contributed by atoms with E-state index in [1.54, 1.807) is 12.2 Å². The summed E-state index contributed by atoms with van der Waals surface area (Å²) in [4.78, 5) is 0.